The molecule has 1 N–H and O–H groups in total. The number of benzene rings is 2. The highest BCUT2D eigenvalue weighted by molar-refractivity contribution is 9.10. The van der Waals surface area contributed by atoms with Crippen LogP contribution in [0.15, 0.2) is 52.0 Å². The van der Waals surface area contributed by atoms with E-state index in [-0.39, 0.29) is 18.4 Å². The van der Waals surface area contributed by atoms with Crippen LogP contribution >= 0.6 is 27.5 Å². The molecule has 3 aliphatic rings. The summed E-state index contributed by atoms with van der Waals surface area (Å²) in [4.78, 5) is 41.7. The van der Waals surface area contributed by atoms with Gasteiger partial charge in [0, 0.05) is 35.7 Å². The molecule has 39 heavy (non-hydrogen) atoms. The maximum Gasteiger partial charge on any atom is 0.410 e. The summed E-state index contributed by atoms with van der Waals surface area (Å²) in [5.41, 5.74) is 6.54. The van der Waals surface area contributed by atoms with Crippen molar-refractivity contribution in [3.05, 3.63) is 79.3 Å². The van der Waals surface area contributed by atoms with Crippen molar-refractivity contribution in [2.24, 2.45) is 0 Å². The first-order valence-corrected chi connectivity index (χ1v) is 14.2. The highest BCUT2D eigenvalue weighted by Crippen LogP contribution is 2.42. The molecule has 0 atom stereocenters. The van der Waals surface area contributed by atoms with Gasteiger partial charge in [-0.25, -0.2) is 4.79 Å². The zero-order chi connectivity index (χ0) is 27.9. The second kappa shape index (κ2) is 10.8. The minimum absolute atomic E-state index is 0.0286. The van der Waals surface area contributed by atoms with Crippen molar-refractivity contribution in [1.82, 2.24) is 15.1 Å². The summed E-state index contributed by atoms with van der Waals surface area (Å²) in [5.74, 6) is -0.314. The number of carbonyl (C=O) groups excluding carboxylic acids is 3. The van der Waals surface area contributed by atoms with Crippen molar-refractivity contribution in [1.29, 1.82) is 0 Å². The first-order valence-electron chi connectivity index (χ1n) is 13.0. The number of carbonyl (C=O) groups is 3. The van der Waals surface area contributed by atoms with Crippen molar-refractivity contribution in [3.63, 3.8) is 0 Å². The van der Waals surface area contributed by atoms with Crippen molar-refractivity contribution in [2.45, 2.75) is 39.2 Å². The summed E-state index contributed by atoms with van der Waals surface area (Å²) >= 11 is 9.77. The van der Waals surface area contributed by atoms with Crippen molar-refractivity contribution in [3.8, 4) is 0 Å². The van der Waals surface area contributed by atoms with Gasteiger partial charge in [0.2, 0.25) is 5.91 Å². The van der Waals surface area contributed by atoms with Gasteiger partial charge in [-0.15, -0.1) is 0 Å². The average Bonchev–Trinajstić information content (AvgIpc) is 3.44. The fourth-order valence-corrected chi connectivity index (χ4v) is 5.84. The van der Waals surface area contributed by atoms with E-state index in [1.165, 1.54) is 10.5 Å². The predicted molar refractivity (Wildman–Crippen MR) is 155 cm³/mol. The smallest absolute Gasteiger partial charge is 0.410 e. The monoisotopic (exact) mass is 611 g/mol. The molecule has 2 aromatic carbocycles. The molecular formula is C30H31BrClN3O4. The van der Waals surface area contributed by atoms with E-state index in [4.69, 9.17) is 16.3 Å². The van der Waals surface area contributed by atoms with E-state index in [0.717, 1.165) is 38.7 Å². The van der Waals surface area contributed by atoms with Crippen LogP contribution in [0.5, 0.6) is 0 Å². The van der Waals surface area contributed by atoms with Crippen LogP contribution < -0.4 is 5.32 Å². The van der Waals surface area contributed by atoms with Crippen LogP contribution in [0.3, 0.4) is 0 Å². The Morgan fingerprint density at radius 2 is 1.87 bits per heavy atom. The molecule has 5 rings (SSSR count). The van der Waals surface area contributed by atoms with Crippen molar-refractivity contribution in [2.75, 3.05) is 32.7 Å². The molecule has 1 saturated heterocycles. The molecule has 1 fully saturated rings. The molecule has 7 nitrogen and oxygen atoms in total. The van der Waals surface area contributed by atoms with Crippen LogP contribution in [0.4, 0.5) is 4.79 Å². The highest BCUT2D eigenvalue weighted by Gasteiger charge is 2.32. The number of amides is 3. The van der Waals surface area contributed by atoms with Crippen molar-refractivity contribution < 1.29 is 19.1 Å². The lowest BCUT2D eigenvalue weighted by Gasteiger charge is -2.35. The molecule has 3 amide bonds. The minimum atomic E-state index is -0.617. The number of nitrogens with zero attached hydrogens (tertiary/aromatic N) is 2. The lowest BCUT2D eigenvalue weighted by molar-refractivity contribution is -0.136. The SMILES string of the molecule is CC(C)(C)OC(=O)N1CCN(CCNC(=O)C2=C(C3=Cc4cc(Cl)ccc4C3)Cc3cc(Br)ccc32)C(=O)C1. The molecule has 0 bridgehead atoms. The number of rotatable bonds is 5. The third kappa shape index (κ3) is 6.07. The van der Waals surface area contributed by atoms with Gasteiger partial charge >= 0.3 is 6.09 Å². The Balaban J connectivity index is 1.26. The third-order valence-corrected chi connectivity index (χ3v) is 7.80. The normalized spacial score (nSPS) is 16.7. The summed E-state index contributed by atoms with van der Waals surface area (Å²) in [7, 11) is 0. The van der Waals surface area contributed by atoms with Gasteiger partial charge in [0.05, 0.1) is 5.57 Å². The van der Waals surface area contributed by atoms with Crippen LogP contribution in [-0.2, 0) is 27.2 Å². The predicted octanol–water partition coefficient (Wildman–Crippen LogP) is 5.25. The van der Waals surface area contributed by atoms with Crippen LogP contribution in [0.1, 0.15) is 43.0 Å². The quantitative estimate of drug-likeness (QED) is 0.501. The number of piperazine rings is 1. The molecular weight excluding hydrogens is 582 g/mol. The number of fused-ring (bicyclic) bond motifs is 2. The van der Waals surface area contributed by atoms with E-state index >= 15 is 0 Å². The van der Waals surface area contributed by atoms with Gasteiger partial charge in [-0.3, -0.25) is 14.5 Å². The first-order chi connectivity index (χ1) is 18.5. The Morgan fingerprint density at radius 1 is 1.08 bits per heavy atom. The average molecular weight is 613 g/mol. The van der Waals surface area contributed by atoms with Crippen molar-refractivity contribution >= 4 is 57.1 Å². The lowest BCUT2D eigenvalue weighted by atomic mass is 9.98. The first kappa shape index (κ1) is 27.5. The summed E-state index contributed by atoms with van der Waals surface area (Å²) in [6.45, 7) is 6.84. The molecule has 0 aromatic heterocycles. The zero-order valence-electron chi connectivity index (χ0n) is 22.3. The molecule has 204 valence electrons. The maximum atomic E-state index is 13.6. The zero-order valence-corrected chi connectivity index (χ0v) is 24.6. The van der Waals surface area contributed by atoms with E-state index in [1.807, 2.05) is 30.3 Å². The van der Waals surface area contributed by atoms with E-state index in [1.54, 1.807) is 25.7 Å². The number of allylic oxidation sites excluding steroid dienone is 2. The lowest BCUT2D eigenvalue weighted by Crippen LogP contribution is -2.54. The van der Waals surface area contributed by atoms with E-state index < -0.39 is 11.7 Å². The molecule has 0 unspecified atom stereocenters. The number of nitrogens with one attached hydrogen (secondary N) is 1. The van der Waals surface area contributed by atoms with Gasteiger partial charge in [-0.05, 0) is 91.3 Å². The summed E-state index contributed by atoms with van der Waals surface area (Å²) in [5, 5.41) is 3.73. The second-order valence-corrected chi connectivity index (χ2v) is 12.4. The summed E-state index contributed by atoms with van der Waals surface area (Å²) < 4.78 is 6.36. The molecule has 0 radical (unpaired) electrons. The van der Waals surface area contributed by atoms with Gasteiger partial charge in [-0.2, -0.15) is 0 Å². The summed E-state index contributed by atoms with van der Waals surface area (Å²) in [6, 6.07) is 11.9. The maximum absolute atomic E-state index is 13.6. The number of hydrogen-bond donors (Lipinski definition) is 1. The highest BCUT2D eigenvalue weighted by atomic mass is 79.9. The largest absolute Gasteiger partial charge is 0.444 e. The van der Waals surface area contributed by atoms with Gasteiger partial charge in [-0.1, -0.05) is 45.7 Å². The number of halogens is 2. The van der Waals surface area contributed by atoms with Crippen LogP contribution in [-0.4, -0.2) is 66.0 Å². The van der Waals surface area contributed by atoms with E-state index in [9.17, 15) is 14.4 Å². The van der Waals surface area contributed by atoms with Crippen LogP contribution in [0.25, 0.3) is 11.6 Å². The van der Waals surface area contributed by atoms with Gasteiger partial charge in [0.25, 0.3) is 5.91 Å². The molecule has 2 aromatic rings. The van der Waals surface area contributed by atoms with E-state index in [0.29, 0.717) is 43.2 Å². The third-order valence-electron chi connectivity index (χ3n) is 7.08. The number of ether oxygens (including phenoxy) is 1. The number of hydrogen-bond acceptors (Lipinski definition) is 4. The fraction of sp³-hybridized carbons (Fsp3) is 0.367. The molecule has 0 spiro atoms. The van der Waals surface area contributed by atoms with Crippen LogP contribution in [0, 0.1) is 0 Å². The Bertz CT molecular complexity index is 1430. The standard InChI is InChI=1S/C30H31BrClN3O4/c1-30(2,3)39-29(38)35-11-10-34(26(36)17-35)9-8-33-28(37)27-24-7-5-22(31)14-21(24)16-25(27)20-12-18-4-6-23(32)15-19(18)13-20/h4-7,13-15H,8-12,16-17H2,1-3H3,(H,33,37). The topological polar surface area (TPSA) is 79.0 Å². The molecule has 2 aliphatic carbocycles. The summed E-state index contributed by atoms with van der Waals surface area (Å²) in [6.07, 6.45) is 3.08. The minimum Gasteiger partial charge on any atom is -0.444 e. The second-order valence-electron chi connectivity index (χ2n) is 11.1. The van der Waals surface area contributed by atoms with Gasteiger partial charge in [0.15, 0.2) is 0 Å². The fourth-order valence-electron chi connectivity index (χ4n) is 5.25. The molecule has 1 heterocycles. The molecule has 0 saturated carbocycles. The van der Waals surface area contributed by atoms with Gasteiger partial charge in [0.1, 0.15) is 12.1 Å². The van der Waals surface area contributed by atoms with E-state index in [2.05, 4.69) is 33.4 Å². The van der Waals surface area contributed by atoms with Gasteiger partial charge < -0.3 is 15.0 Å². The Morgan fingerprint density at radius 3 is 2.62 bits per heavy atom. The van der Waals surface area contributed by atoms with Crippen LogP contribution in [0.2, 0.25) is 5.02 Å². The Hall–Kier alpha value is -3.10. The Labute approximate surface area is 241 Å². The molecule has 1 aliphatic heterocycles. The Kier molecular flexibility index (Phi) is 7.62. The molecule has 9 heteroatoms.